The van der Waals surface area contributed by atoms with Crippen LogP contribution in [0.15, 0.2) is 188 Å². The van der Waals surface area contributed by atoms with Gasteiger partial charge in [-0.15, -0.1) is 11.3 Å². The second-order valence-electron chi connectivity index (χ2n) is 13.3. The molecule has 0 amide bonds. The first kappa shape index (κ1) is 32.5. The van der Waals surface area contributed by atoms with Gasteiger partial charge >= 0.3 is 0 Å². The van der Waals surface area contributed by atoms with E-state index in [0.29, 0.717) is 23.3 Å². The first-order chi connectivity index (χ1) is 27.2. The van der Waals surface area contributed by atoms with Gasteiger partial charge in [-0.05, 0) is 29.3 Å². The number of thiophene rings is 1. The van der Waals surface area contributed by atoms with E-state index in [1.54, 1.807) is 11.3 Å². The van der Waals surface area contributed by atoms with E-state index in [-0.39, 0.29) is 0 Å². The predicted octanol–water partition coefficient (Wildman–Crippen LogP) is 12.7. The fourth-order valence-corrected chi connectivity index (χ4v) is 8.19. The SMILES string of the molecule is c1ccc(-c2cc(-c3ccccc3)nc(-c3ccc(-c4ccc5c(c4)sc4cccc(-c6nc(-c7ccccc7)nc(-c7ccccc7)n6)c45)cc3)n2)cc1. The van der Waals surface area contributed by atoms with Gasteiger partial charge in [-0.2, -0.15) is 0 Å². The molecule has 3 aromatic heterocycles. The number of hydrogen-bond donors (Lipinski definition) is 0. The van der Waals surface area contributed by atoms with Crippen LogP contribution in [0, 0.1) is 0 Å². The van der Waals surface area contributed by atoms with Crippen LogP contribution < -0.4 is 0 Å². The van der Waals surface area contributed by atoms with Crippen molar-refractivity contribution < 1.29 is 0 Å². The van der Waals surface area contributed by atoms with Crippen molar-refractivity contribution in [2.24, 2.45) is 0 Å². The van der Waals surface area contributed by atoms with Crippen LogP contribution in [0.1, 0.15) is 0 Å². The third-order valence-corrected chi connectivity index (χ3v) is 10.9. The minimum atomic E-state index is 0.653. The van der Waals surface area contributed by atoms with Gasteiger partial charge in [-0.3, -0.25) is 0 Å². The molecule has 5 nitrogen and oxygen atoms in total. The Morgan fingerprint density at radius 1 is 0.291 bits per heavy atom. The van der Waals surface area contributed by atoms with Gasteiger partial charge < -0.3 is 0 Å². The molecule has 10 aromatic rings. The minimum absolute atomic E-state index is 0.653. The molecule has 258 valence electrons. The Morgan fingerprint density at radius 3 is 1.31 bits per heavy atom. The Hall–Kier alpha value is -7.15. The van der Waals surface area contributed by atoms with E-state index in [2.05, 4.69) is 91.0 Å². The Labute approximate surface area is 322 Å². The quantitative estimate of drug-likeness (QED) is 0.164. The fourth-order valence-electron chi connectivity index (χ4n) is 7.02. The van der Waals surface area contributed by atoms with Crippen molar-refractivity contribution in [3.05, 3.63) is 188 Å². The molecule has 0 bridgehead atoms. The van der Waals surface area contributed by atoms with E-state index >= 15 is 0 Å². The van der Waals surface area contributed by atoms with Crippen LogP contribution in [0.25, 0.3) is 99.4 Å². The summed E-state index contributed by atoms with van der Waals surface area (Å²) >= 11 is 1.79. The number of fused-ring (bicyclic) bond motifs is 3. The standard InChI is InChI=1S/C49H31N5S/c1-5-14-33(15-6-1)41-31-42(34-16-7-2-8-17-34)51-46(50-41)37-26-24-32(25-27-37)38-28-29-39-44(30-38)55-43-23-13-22-40(45(39)43)49-53-47(35-18-9-3-10-19-35)52-48(54-49)36-20-11-4-12-21-36/h1-31H. The summed E-state index contributed by atoms with van der Waals surface area (Å²) in [6.45, 7) is 0. The zero-order chi connectivity index (χ0) is 36.6. The Morgan fingerprint density at radius 2 is 0.745 bits per heavy atom. The van der Waals surface area contributed by atoms with Crippen molar-refractivity contribution in [1.29, 1.82) is 0 Å². The summed E-state index contributed by atoms with van der Waals surface area (Å²) in [4.78, 5) is 25.1. The van der Waals surface area contributed by atoms with E-state index < -0.39 is 0 Å². The molecule has 0 N–H and O–H groups in total. The highest BCUT2D eigenvalue weighted by Gasteiger charge is 2.18. The molecule has 0 unspecified atom stereocenters. The smallest absolute Gasteiger partial charge is 0.164 e. The second-order valence-corrected chi connectivity index (χ2v) is 14.4. The van der Waals surface area contributed by atoms with Crippen LogP contribution >= 0.6 is 11.3 Å². The minimum Gasteiger partial charge on any atom is -0.228 e. The maximum atomic E-state index is 5.05. The topological polar surface area (TPSA) is 64.5 Å². The van der Waals surface area contributed by atoms with Crippen LogP contribution in [0.2, 0.25) is 0 Å². The molecule has 0 atom stereocenters. The molecule has 3 heterocycles. The highest BCUT2D eigenvalue weighted by atomic mass is 32.1. The number of aromatic nitrogens is 5. The number of hydrogen-bond acceptors (Lipinski definition) is 6. The lowest BCUT2D eigenvalue weighted by molar-refractivity contribution is 1.08. The molecule has 0 aliphatic heterocycles. The molecule has 0 fully saturated rings. The highest BCUT2D eigenvalue weighted by Crippen LogP contribution is 2.41. The third-order valence-electron chi connectivity index (χ3n) is 9.78. The van der Waals surface area contributed by atoms with Gasteiger partial charge in [0.2, 0.25) is 0 Å². The van der Waals surface area contributed by atoms with Crippen molar-refractivity contribution in [2.75, 3.05) is 0 Å². The summed E-state index contributed by atoms with van der Waals surface area (Å²) in [5, 5.41) is 2.33. The van der Waals surface area contributed by atoms with E-state index in [4.69, 9.17) is 24.9 Å². The summed E-state index contributed by atoms with van der Waals surface area (Å²) in [7, 11) is 0. The Balaban J connectivity index is 1.03. The van der Waals surface area contributed by atoms with Gasteiger partial charge in [0.1, 0.15) is 0 Å². The molecule has 55 heavy (non-hydrogen) atoms. The number of nitrogens with zero attached hydrogens (tertiary/aromatic N) is 5. The van der Waals surface area contributed by atoms with Crippen LogP contribution in [-0.4, -0.2) is 24.9 Å². The third kappa shape index (κ3) is 6.35. The van der Waals surface area contributed by atoms with Crippen LogP contribution in [0.4, 0.5) is 0 Å². The van der Waals surface area contributed by atoms with Crippen LogP contribution in [-0.2, 0) is 0 Å². The second kappa shape index (κ2) is 14.0. The molecule has 0 aliphatic carbocycles. The molecule has 10 rings (SSSR count). The van der Waals surface area contributed by atoms with Crippen molar-refractivity contribution >= 4 is 31.5 Å². The zero-order valence-corrected chi connectivity index (χ0v) is 30.4. The summed E-state index contributed by atoms with van der Waals surface area (Å²) in [6.07, 6.45) is 0. The maximum absolute atomic E-state index is 5.05. The van der Waals surface area contributed by atoms with Gasteiger partial charge in [-0.1, -0.05) is 170 Å². The lowest BCUT2D eigenvalue weighted by Crippen LogP contribution is -2.00. The zero-order valence-electron chi connectivity index (χ0n) is 29.5. The maximum Gasteiger partial charge on any atom is 0.164 e. The van der Waals surface area contributed by atoms with Gasteiger partial charge in [0, 0.05) is 53.6 Å². The molecule has 0 spiro atoms. The van der Waals surface area contributed by atoms with Gasteiger partial charge in [-0.25, -0.2) is 24.9 Å². The first-order valence-electron chi connectivity index (χ1n) is 18.2. The van der Waals surface area contributed by atoms with E-state index in [1.807, 2.05) is 97.1 Å². The molecule has 0 aliphatic rings. The molecular formula is C49H31N5S. The van der Waals surface area contributed by atoms with Crippen LogP contribution in [0.5, 0.6) is 0 Å². The van der Waals surface area contributed by atoms with Gasteiger partial charge in [0.15, 0.2) is 23.3 Å². The first-order valence-corrected chi connectivity index (χ1v) is 19.0. The molecule has 0 saturated heterocycles. The van der Waals surface area contributed by atoms with Gasteiger partial charge in [0.05, 0.1) is 11.4 Å². The largest absolute Gasteiger partial charge is 0.228 e. The van der Waals surface area contributed by atoms with Crippen molar-refractivity contribution in [3.8, 4) is 79.2 Å². The fraction of sp³-hybridized carbons (Fsp3) is 0. The predicted molar refractivity (Wildman–Crippen MR) is 226 cm³/mol. The van der Waals surface area contributed by atoms with Crippen molar-refractivity contribution in [2.45, 2.75) is 0 Å². The number of rotatable bonds is 7. The number of benzene rings is 7. The normalized spacial score (nSPS) is 11.3. The highest BCUT2D eigenvalue weighted by molar-refractivity contribution is 7.26. The lowest BCUT2D eigenvalue weighted by Gasteiger charge is -2.10. The van der Waals surface area contributed by atoms with Gasteiger partial charge in [0.25, 0.3) is 0 Å². The average molecular weight is 722 g/mol. The Kier molecular flexibility index (Phi) is 8.28. The monoisotopic (exact) mass is 721 g/mol. The average Bonchev–Trinajstić information content (AvgIpc) is 3.66. The lowest BCUT2D eigenvalue weighted by atomic mass is 10.0. The molecular weight excluding hydrogens is 691 g/mol. The van der Waals surface area contributed by atoms with Crippen LogP contribution in [0.3, 0.4) is 0 Å². The molecule has 6 heteroatoms. The summed E-state index contributed by atoms with van der Waals surface area (Å²) in [5.41, 5.74) is 10.0. The summed E-state index contributed by atoms with van der Waals surface area (Å²) in [5.74, 6) is 2.66. The Bertz CT molecular complexity index is 2830. The molecule has 0 radical (unpaired) electrons. The van der Waals surface area contributed by atoms with E-state index in [1.165, 1.54) is 14.8 Å². The van der Waals surface area contributed by atoms with Crippen molar-refractivity contribution in [3.63, 3.8) is 0 Å². The van der Waals surface area contributed by atoms with Crippen molar-refractivity contribution in [1.82, 2.24) is 24.9 Å². The summed E-state index contributed by atoms with van der Waals surface area (Å²) < 4.78 is 2.39. The van der Waals surface area contributed by atoms with E-state index in [0.717, 1.165) is 61.3 Å². The van der Waals surface area contributed by atoms with E-state index in [9.17, 15) is 0 Å². The molecule has 0 saturated carbocycles. The summed E-state index contributed by atoms with van der Waals surface area (Å²) in [6, 6.07) is 64.6. The molecule has 7 aromatic carbocycles.